The van der Waals surface area contributed by atoms with Crippen molar-refractivity contribution in [3.63, 3.8) is 0 Å². The fourth-order valence-corrected chi connectivity index (χ4v) is 2.60. The van der Waals surface area contributed by atoms with Gasteiger partial charge in [0.2, 0.25) is 0 Å². The van der Waals surface area contributed by atoms with E-state index in [0.29, 0.717) is 12.0 Å². The summed E-state index contributed by atoms with van der Waals surface area (Å²) < 4.78 is 14.0. The number of nitrogens with zero attached hydrogens (tertiary/aromatic N) is 1. The van der Waals surface area contributed by atoms with Crippen LogP contribution < -0.4 is 10.6 Å². The molecular formula is C15H23FN2. The van der Waals surface area contributed by atoms with Crippen molar-refractivity contribution in [1.82, 2.24) is 0 Å². The SMILES string of the molecule is CC1(C)CCCN(c2ccc(CN)cc2F)CC1. The smallest absolute Gasteiger partial charge is 0.146 e. The van der Waals surface area contributed by atoms with Crippen molar-refractivity contribution in [3.8, 4) is 0 Å². The van der Waals surface area contributed by atoms with E-state index in [1.165, 1.54) is 6.42 Å². The normalized spacial score (nSPS) is 19.7. The van der Waals surface area contributed by atoms with Crippen LogP contribution in [0.3, 0.4) is 0 Å². The summed E-state index contributed by atoms with van der Waals surface area (Å²) in [5.74, 6) is -0.141. The molecule has 1 aromatic rings. The van der Waals surface area contributed by atoms with Gasteiger partial charge in [-0.15, -0.1) is 0 Å². The van der Waals surface area contributed by atoms with Crippen LogP contribution >= 0.6 is 0 Å². The molecule has 0 aromatic heterocycles. The minimum atomic E-state index is -0.141. The van der Waals surface area contributed by atoms with E-state index in [9.17, 15) is 4.39 Å². The Bertz CT molecular complexity index is 415. The van der Waals surface area contributed by atoms with Gasteiger partial charge >= 0.3 is 0 Å². The summed E-state index contributed by atoms with van der Waals surface area (Å²) in [6, 6.07) is 5.36. The summed E-state index contributed by atoms with van der Waals surface area (Å²) in [6.45, 7) is 6.87. The van der Waals surface area contributed by atoms with E-state index in [4.69, 9.17) is 5.73 Å². The summed E-state index contributed by atoms with van der Waals surface area (Å²) in [5, 5.41) is 0. The number of nitrogens with two attached hydrogens (primary N) is 1. The van der Waals surface area contributed by atoms with Crippen molar-refractivity contribution in [2.75, 3.05) is 18.0 Å². The molecule has 1 aliphatic heterocycles. The minimum Gasteiger partial charge on any atom is -0.369 e. The van der Waals surface area contributed by atoms with Crippen LogP contribution in [-0.2, 0) is 6.54 Å². The zero-order valence-electron chi connectivity index (χ0n) is 11.4. The predicted octanol–water partition coefficient (Wildman–Crippen LogP) is 3.30. The first kappa shape index (κ1) is 13.3. The summed E-state index contributed by atoms with van der Waals surface area (Å²) in [7, 11) is 0. The molecule has 2 N–H and O–H groups in total. The van der Waals surface area contributed by atoms with Crippen molar-refractivity contribution < 1.29 is 4.39 Å². The van der Waals surface area contributed by atoms with Crippen LogP contribution in [0.4, 0.5) is 10.1 Å². The van der Waals surface area contributed by atoms with Crippen LogP contribution in [0.5, 0.6) is 0 Å². The third kappa shape index (κ3) is 3.02. The van der Waals surface area contributed by atoms with Gasteiger partial charge in [-0.3, -0.25) is 0 Å². The lowest BCUT2D eigenvalue weighted by molar-refractivity contribution is 0.325. The second-order valence-electron chi connectivity index (χ2n) is 5.99. The summed E-state index contributed by atoms with van der Waals surface area (Å²) in [5.41, 5.74) is 7.48. The standard InChI is InChI=1S/C15H23FN2/c1-15(2)6-3-8-18(9-7-15)14-5-4-12(11-17)10-13(14)16/h4-5,10H,3,6-9,11,17H2,1-2H3. The number of hydrogen-bond acceptors (Lipinski definition) is 2. The monoisotopic (exact) mass is 250 g/mol. The number of hydrogen-bond donors (Lipinski definition) is 1. The first-order valence-electron chi connectivity index (χ1n) is 6.75. The number of halogens is 1. The van der Waals surface area contributed by atoms with E-state index < -0.39 is 0 Å². The molecule has 0 bridgehead atoms. The van der Waals surface area contributed by atoms with Crippen LogP contribution in [0.2, 0.25) is 0 Å². The van der Waals surface area contributed by atoms with Crippen molar-refractivity contribution in [3.05, 3.63) is 29.6 Å². The molecular weight excluding hydrogens is 227 g/mol. The Balaban J connectivity index is 2.16. The largest absolute Gasteiger partial charge is 0.369 e. The molecule has 2 nitrogen and oxygen atoms in total. The first-order valence-corrected chi connectivity index (χ1v) is 6.75. The van der Waals surface area contributed by atoms with Gasteiger partial charge in [-0.25, -0.2) is 4.39 Å². The van der Waals surface area contributed by atoms with Gasteiger partial charge in [0.1, 0.15) is 5.82 Å². The lowest BCUT2D eigenvalue weighted by atomic mass is 9.85. The molecule has 0 saturated carbocycles. The van der Waals surface area contributed by atoms with Crippen molar-refractivity contribution in [1.29, 1.82) is 0 Å². The molecule has 3 heteroatoms. The maximum atomic E-state index is 14.0. The average molecular weight is 250 g/mol. The van der Waals surface area contributed by atoms with Crippen molar-refractivity contribution in [2.45, 2.75) is 39.7 Å². The summed E-state index contributed by atoms with van der Waals surface area (Å²) in [4.78, 5) is 2.17. The summed E-state index contributed by atoms with van der Waals surface area (Å²) >= 11 is 0. The minimum absolute atomic E-state index is 0.141. The molecule has 1 aromatic carbocycles. The Morgan fingerprint density at radius 1 is 1.28 bits per heavy atom. The lowest BCUT2D eigenvalue weighted by Crippen LogP contribution is -2.26. The van der Waals surface area contributed by atoms with Crippen LogP contribution in [-0.4, -0.2) is 13.1 Å². The molecule has 18 heavy (non-hydrogen) atoms. The van der Waals surface area contributed by atoms with Gasteiger partial charge in [0.25, 0.3) is 0 Å². The Kier molecular flexibility index (Phi) is 3.91. The van der Waals surface area contributed by atoms with Gasteiger partial charge in [0, 0.05) is 19.6 Å². The maximum absolute atomic E-state index is 14.0. The molecule has 2 rings (SSSR count). The Morgan fingerprint density at radius 3 is 2.72 bits per heavy atom. The van der Waals surface area contributed by atoms with E-state index in [1.54, 1.807) is 6.07 Å². The highest BCUT2D eigenvalue weighted by molar-refractivity contribution is 5.49. The highest BCUT2D eigenvalue weighted by Gasteiger charge is 2.24. The molecule has 1 saturated heterocycles. The fourth-order valence-electron chi connectivity index (χ4n) is 2.60. The number of benzene rings is 1. The van der Waals surface area contributed by atoms with Crippen LogP contribution in [0.1, 0.15) is 38.7 Å². The number of anilines is 1. The first-order chi connectivity index (χ1) is 8.52. The molecule has 0 atom stereocenters. The van der Waals surface area contributed by atoms with Gasteiger partial charge in [0.05, 0.1) is 5.69 Å². The second-order valence-corrected chi connectivity index (χ2v) is 5.99. The van der Waals surface area contributed by atoms with Crippen molar-refractivity contribution >= 4 is 5.69 Å². The van der Waals surface area contributed by atoms with Crippen LogP contribution in [0.25, 0.3) is 0 Å². The highest BCUT2D eigenvalue weighted by atomic mass is 19.1. The molecule has 0 radical (unpaired) electrons. The van der Waals surface area contributed by atoms with Crippen LogP contribution in [0, 0.1) is 11.2 Å². The zero-order valence-corrected chi connectivity index (χ0v) is 11.4. The fraction of sp³-hybridized carbons (Fsp3) is 0.600. The highest BCUT2D eigenvalue weighted by Crippen LogP contribution is 2.32. The maximum Gasteiger partial charge on any atom is 0.146 e. The third-order valence-corrected chi connectivity index (χ3v) is 3.93. The molecule has 0 spiro atoms. The van der Waals surface area contributed by atoms with Gasteiger partial charge in [-0.05, 0) is 42.4 Å². The molecule has 100 valence electrons. The predicted molar refractivity (Wildman–Crippen MR) is 74.1 cm³/mol. The average Bonchev–Trinajstić information content (AvgIpc) is 2.50. The molecule has 1 aliphatic rings. The lowest BCUT2D eigenvalue weighted by Gasteiger charge is -2.25. The molecule has 0 aliphatic carbocycles. The van der Waals surface area contributed by atoms with E-state index in [2.05, 4.69) is 18.7 Å². The van der Waals surface area contributed by atoms with E-state index in [1.807, 2.05) is 12.1 Å². The van der Waals surface area contributed by atoms with Gasteiger partial charge in [-0.2, -0.15) is 0 Å². The zero-order chi connectivity index (χ0) is 13.2. The van der Waals surface area contributed by atoms with E-state index in [0.717, 1.165) is 37.2 Å². The van der Waals surface area contributed by atoms with Crippen LogP contribution in [0.15, 0.2) is 18.2 Å². The van der Waals surface area contributed by atoms with E-state index in [-0.39, 0.29) is 5.82 Å². The van der Waals surface area contributed by atoms with Gasteiger partial charge in [-0.1, -0.05) is 19.9 Å². The molecule has 1 heterocycles. The number of rotatable bonds is 2. The molecule has 0 unspecified atom stereocenters. The quantitative estimate of drug-likeness (QED) is 0.872. The second kappa shape index (κ2) is 5.27. The molecule has 0 amide bonds. The molecule has 1 fully saturated rings. The van der Waals surface area contributed by atoms with Gasteiger partial charge < -0.3 is 10.6 Å². The van der Waals surface area contributed by atoms with Crippen molar-refractivity contribution in [2.24, 2.45) is 11.1 Å². The third-order valence-electron chi connectivity index (χ3n) is 3.93. The Labute approximate surface area is 109 Å². The van der Waals surface area contributed by atoms with E-state index >= 15 is 0 Å². The topological polar surface area (TPSA) is 29.3 Å². The van der Waals surface area contributed by atoms with Gasteiger partial charge in [0.15, 0.2) is 0 Å². The Hall–Kier alpha value is -1.09. The Morgan fingerprint density at radius 2 is 2.06 bits per heavy atom. The summed E-state index contributed by atoms with van der Waals surface area (Å²) in [6.07, 6.45) is 3.46.